The lowest BCUT2D eigenvalue weighted by molar-refractivity contribution is -0.121. The van der Waals surface area contributed by atoms with Crippen LogP contribution >= 0.6 is 0 Å². The van der Waals surface area contributed by atoms with Crippen LogP contribution in [0.4, 0.5) is 0 Å². The van der Waals surface area contributed by atoms with Crippen LogP contribution in [0.3, 0.4) is 0 Å². The van der Waals surface area contributed by atoms with E-state index in [1.807, 2.05) is 0 Å². The molecular weight excluding hydrogens is 274 g/mol. The number of hydrogen-bond acceptors (Lipinski definition) is 3. The highest BCUT2D eigenvalue weighted by atomic mass is 16.2. The summed E-state index contributed by atoms with van der Waals surface area (Å²) < 4.78 is 0. The first-order valence-corrected chi connectivity index (χ1v) is 9.31. The molecule has 0 bridgehead atoms. The third-order valence-corrected chi connectivity index (χ3v) is 3.89. The monoisotopic (exact) mass is 311 g/mol. The summed E-state index contributed by atoms with van der Waals surface area (Å²) in [6.45, 7) is 2.63. The molecule has 0 saturated carbocycles. The number of nitrogens with one attached hydrogen (secondary N) is 1. The molecule has 0 aromatic carbocycles. The number of unbranched alkanes of at least 4 members (excludes halogenated alkanes) is 12. The zero-order valence-electron chi connectivity index (χ0n) is 14.6. The van der Waals surface area contributed by atoms with Gasteiger partial charge in [0.05, 0.1) is 0 Å². The molecule has 1 amide bonds. The standard InChI is InChI=1S/C18H37N3O/c1-2-3-4-5-6-7-8-9-10-11-12-13-14-15-18(22)21-20-17-16-19/h17H,2-16,19H2,1H3,(H,21,22). The van der Waals surface area contributed by atoms with Crippen LogP contribution in [0.1, 0.15) is 96.8 Å². The summed E-state index contributed by atoms with van der Waals surface area (Å²) in [7, 11) is 0. The topological polar surface area (TPSA) is 67.5 Å². The number of carbonyl (C=O) groups excluding carboxylic acids is 1. The number of nitrogens with zero attached hydrogens (tertiary/aromatic N) is 1. The minimum absolute atomic E-state index is 0.00669. The van der Waals surface area contributed by atoms with Crippen molar-refractivity contribution >= 4 is 12.1 Å². The maximum Gasteiger partial charge on any atom is 0.240 e. The van der Waals surface area contributed by atoms with Gasteiger partial charge in [-0.3, -0.25) is 4.79 Å². The first-order chi connectivity index (χ1) is 10.8. The normalized spacial score (nSPS) is 11.2. The van der Waals surface area contributed by atoms with E-state index in [1.165, 1.54) is 76.8 Å². The van der Waals surface area contributed by atoms with Crippen molar-refractivity contribution in [3.8, 4) is 0 Å². The molecule has 0 spiro atoms. The van der Waals surface area contributed by atoms with E-state index in [2.05, 4.69) is 17.5 Å². The number of carbonyl (C=O) groups is 1. The average molecular weight is 312 g/mol. The molecule has 3 N–H and O–H groups in total. The maximum absolute atomic E-state index is 11.4. The summed E-state index contributed by atoms with van der Waals surface area (Å²) in [5.74, 6) is -0.00669. The summed E-state index contributed by atoms with van der Waals surface area (Å²) in [4.78, 5) is 11.4. The molecule has 0 radical (unpaired) electrons. The van der Waals surface area contributed by atoms with Crippen molar-refractivity contribution in [2.24, 2.45) is 10.8 Å². The molecule has 4 nitrogen and oxygen atoms in total. The Balaban J connectivity index is 3.11. The van der Waals surface area contributed by atoms with Gasteiger partial charge in [-0.05, 0) is 6.42 Å². The molecule has 0 aromatic heterocycles. The summed E-state index contributed by atoms with van der Waals surface area (Å²) >= 11 is 0. The van der Waals surface area contributed by atoms with Gasteiger partial charge < -0.3 is 5.73 Å². The Bertz CT molecular complexity index is 267. The maximum atomic E-state index is 11.4. The van der Waals surface area contributed by atoms with Gasteiger partial charge in [-0.15, -0.1) is 0 Å². The first kappa shape index (κ1) is 21.1. The highest BCUT2D eigenvalue weighted by Crippen LogP contribution is 2.12. The molecule has 130 valence electrons. The molecule has 0 heterocycles. The van der Waals surface area contributed by atoms with Gasteiger partial charge in [-0.2, -0.15) is 5.10 Å². The first-order valence-electron chi connectivity index (χ1n) is 9.31. The molecule has 22 heavy (non-hydrogen) atoms. The number of hydrogen-bond donors (Lipinski definition) is 2. The number of nitrogens with two attached hydrogens (primary N) is 1. The van der Waals surface area contributed by atoms with Crippen LogP contribution < -0.4 is 11.2 Å². The lowest BCUT2D eigenvalue weighted by atomic mass is 10.0. The molecule has 0 atom stereocenters. The van der Waals surface area contributed by atoms with Crippen LogP contribution in [0.15, 0.2) is 5.10 Å². The van der Waals surface area contributed by atoms with E-state index < -0.39 is 0 Å². The Hall–Kier alpha value is -0.900. The summed E-state index contributed by atoms with van der Waals surface area (Å²) in [5.41, 5.74) is 7.72. The van der Waals surface area contributed by atoms with Crippen LogP contribution in [0.2, 0.25) is 0 Å². The fourth-order valence-electron chi connectivity index (χ4n) is 2.53. The van der Waals surface area contributed by atoms with E-state index in [9.17, 15) is 4.79 Å². The van der Waals surface area contributed by atoms with Crippen molar-refractivity contribution in [2.45, 2.75) is 96.8 Å². The van der Waals surface area contributed by atoms with Gasteiger partial charge in [0.15, 0.2) is 0 Å². The Kier molecular flexibility index (Phi) is 17.4. The third-order valence-electron chi connectivity index (χ3n) is 3.89. The Morgan fingerprint density at radius 2 is 1.32 bits per heavy atom. The fourth-order valence-corrected chi connectivity index (χ4v) is 2.53. The summed E-state index contributed by atoms with van der Waals surface area (Å²) in [5, 5.41) is 3.72. The van der Waals surface area contributed by atoms with E-state index in [1.54, 1.807) is 0 Å². The molecule has 0 fully saturated rings. The quantitative estimate of drug-likeness (QED) is 0.250. The minimum atomic E-state index is -0.00669. The zero-order chi connectivity index (χ0) is 16.3. The zero-order valence-corrected chi connectivity index (χ0v) is 14.6. The molecule has 0 unspecified atom stereocenters. The van der Waals surface area contributed by atoms with Gasteiger partial charge in [0.1, 0.15) is 0 Å². The fraction of sp³-hybridized carbons (Fsp3) is 0.889. The van der Waals surface area contributed by atoms with Gasteiger partial charge in [-0.1, -0.05) is 84.0 Å². The van der Waals surface area contributed by atoms with Gasteiger partial charge in [0, 0.05) is 19.2 Å². The number of hydrazone groups is 1. The largest absolute Gasteiger partial charge is 0.326 e. The van der Waals surface area contributed by atoms with Crippen molar-refractivity contribution < 1.29 is 4.79 Å². The predicted octanol–water partition coefficient (Wildman–Crippen LogP) is 4.53. The Morgan fingerprint density at radius 1 is 0.864 bits per heavy atom. The minimum Gasteiger partial charge on any atom is -0.326 e. The van der Waals surface area contributed by atoms with E-state index in [-0.39, 0.29) is 5.91 Å². The van der Waals surface area contributed by atoms with Crippen LogP contribution in [-0.2, 0) is 4.79 Å². The predicted molar refractivity (Wildman–Crippen MR) is 96.0 cm³/mol. The van der Waals surface area contributed by atoms with Crippen LogP contribution in [0, 0.1) is 0 Å². The molecular formula is C18H37N3O. The van der Waals surface area contributed by atoms with E-state index in [4.69, 9.17) is 5.73 Å². The van der Waals surface area contributed by atoms with Crippen molar-refractivity contribution in [2.75, 3.05) is 6.54 Å². The van der Waals surface area contributed by atoms with Crippen LogP contribution in [0.5, 0.6) is 0 Å². The van der Waals surface area contributed by atoms with Crippen LogP contribution in [-0.4, -0.2) is 18.7 Å². The summed E-state index contributed by atoms with van der Waals surface area (Å²) in [6, 6.07) is 0. The van der Waals surface area contributed by atoms with Crippen molar-refractivity contribution in [3.05, 3.63) is 0 Å². The van der Waals surface area contributed by atoms with Gasteiger partial charge in [0.2, 0.25) is 5.91 Å². The van der Waals surface area contributed by atoms with Gasteiger partial charge >= 0.3 is 0 Å². The Labute approximate surface area is 137 Å². The second-order valence-electron chi connectivity index (χ2n) is 6.07. The molecule has 0 aliphatic rings. The molecule has 0 saturated heterocycles. The van der Waals surface area contributed by atoms with E-state index >= 15 is 0 Å². The number of rotatable bonds is 16. The van der Waals surface area contributed by atoms with Crippen molar-refractivity contribution in [1.82, 2.24) is 5.43 Å². The molecule has 4 heteroatoms. The summed E-state index contributed by atoms with van der Waals surface area (Å²) in [6.07, 6.45) is 19.3. The molecule has 0 aromatic rings. The second-order valence-corrected chi connectivity index (χ2v) is 6.07. The number of amides is 1. The van der Waals surface area contributed by atoms with Crippen molar-refractivity contribution in [1.29, 1.82) is 0 Å². The van der Waals surface area contributed by atoms with Crippen LogP contribution in [0.25, 0.3) is 0 Å². The second kappa shape index (κ2) is 18.1. The van der Waals surface area contributed by atoms with E-state index in [0.717, 1.165) is 12.8 Å². The molecule has 0 aliphatic carbocycles. The van der Waals surface area contributed by atoms with Gasteiger partial charge in [0.25, 0.3) is 0 Å². The highest BCUT2D eigenvalue weighted by Gasteiger charge is 1.99. The average Bonchev–Trinajstić information content (AvgIpc) is 2.52. The van der Waals surface area contributed by atoms with Gasteiger partial charge in [-0.25, -0.2) is 5.43 Å². The lowest BCUT2D eigenvalue weighted by Gasteiger charge is -2.03. The molecule has 0 aliphatic heterocycles. The highest BCUT2D eigenvalue weighted by molar-refractivity contribution is 5.76. The van der Waals surface area contributed by atoms with Crippen molar-refractivity contribution in [3.63, 3.8) is 0 Å². The molecule has 0 rings (SSSR count). The third kappa shape index (κ3) is 17.2. The SMILES string of the molecule is CCCCCCCCCCCCCCCC(=O)NN=CCN. The Morgan fingerprint density at radius 3 is 1.77 bits per heavy atom. The smallest absolute Gasteiger partial charge is 0.240 e. The van der Waals surface area contributed by atoms with E-state index in [0.29, 0.717) is 13.0 Å². The lowest BCUT2D eigenvalue weighted by Crippen LogP contribution is -2.17.